The molecule has 0 saturated heterocycles. The molecular weight excluding hydrogens is 232 g/mol. The highest BCUT2D eigenvalue weighted by Gasteiger charge is 2.17. The lowest BCUT2D eigenvalue weighted by Crippen LogP contribution is -2.03. The number of hydrogen-bond acceptors (Lipinski definition) is 4. The van der Waals surface area contributed by atoms with Crippen molar-refractivity contribution >= 4 is 29.1 Å². The van der Waals surface area contributed by atoms with Gasteiger partial charge in [0.25, 0.3) is 0 Å². The van der Waals surface area contributed by atoms with Crippen LogP contribution in [-0.4, -0.2) is 28.2 Å². The number of aliphatic hydroxyl groups is 1. The van der Waals surface area contributed by atoms with Gasteiger partial charge in [-0.15, -0.1) is 11.3 Å². The highest BCUT2D eigenvalue weighted by molar-refractivity contribution is 7.98. The first-order valence-corrected chi connectivity index (χ1v) is 6.92. The summed E-state index contributed by atoms with van der Waals surface area (Å²) in [5.74, 6) is 0.0281. The summed E-state index contributed by atoms with van der Waals surface area (Å²) >= 11 is 3.03. The molecule has 0 aliphatic heterocycles. The van der Waals surface area contributed by atoms with E-state index in [9.17, 15) is 9.90 Å². The standard InChI is InChI=1S/C10H14O3S2/c1-14-5-2-3-8(11)9-7(10(12)13)4-6-15-9/h4,6,8,11H,2-3,5H2,1H3,(H,12,13). The first kappa shape index (κ1) is 12.5. The van der Waals surface area contributed by atoms with Crippen LogP contribution in [-0.2, 0) is 0 Å². The van der Waals surface area contributed by atoms with E-state index in [1.165, 1.54) is 11.3 Å². The van der Waals surface area contributed by atoms with Crippen LogP contribution in [0.5, 0.6) is 0 Å². The predicted molar refractivity (Wildman–Crippen MR) is 63.9 cm³/mol. The Kier molecular flexibility index (Phi) is 5.14. The zero-order valence-electron chi connectivity index (χ0n) is 8.47. The maximum Gasteiger partial charge on any atom is 0.336 e. The lowest BCUT2D eigenvalue weighted by molar-refractivity contribution is 0.0689. The van der Waals surface area contributed by atoms with Crippen LogP contribution in [0.15, 0.2) is 11.4 Å². The maximum atomic E-state index is 10.8. The van der Waals surface area contributed by atoms with Gasteiger partial charge >= 0.3 is 5.97 Å². The Hall–Kier alpha value is -0.520. The molecule has 0 saturated carbocycles. The predicted octanol–water partition coefficient (Wildman–Crippen LogP) is 2.62. The van der Waals surface area contributed by atoms with Crippen molar-refractivity contribution in [2.45, 2.75) is 18.9 Å². The number of rotatable bonds is 6. The fourth-order valence-corrected chi connectivity index (χ4v) is 2.67. The van der Waals surface area contributed by atoms with Crippen LogP contribution in [0.25, 0.3) is 0 Å². The summed E-state index contributed by atoms with van der Waals surface area (Å²) in [7, 11) is 0. The van der Waals surface area contributed by atoms with Gasteiger partial charge in [0.15, 0.2) is 0 Å². The molecule has 0 spiro atoms. The van der Waals surface area contributed by atoms with E-state index in [0.29, 0.717) is 11.3 Å². The summed E-state index contributed by atoms with van der Waals surface area (Å²) in [5, 5.41) is 20.4. The number of thiophene rings is 1. The molecule has 0 aliphatic carbocycles. The van der Waals surface area contributed by atoms with Gasteiger partial charge < -0.3 is 10.2 Å². The molecule has 1 aromatic rings. The minimum absolute atomic E-state index is 0.233. The van der Waals surface area contributed by atoms with Gasteiger partial charge in [-0.2, -0.15) is 11.8 Å². The van der Waals surface area contributed by atoms with E-state index < -0.39 is 12.1 Å². The van der Waals surface area contributed by atoms with E-state index in [2.05, 4.69) is 0 Å². The lowest BCUT2D eigenvalue weighted by atomic mass is 10.1. The monoisotopic (exact) mass is 246 g/mol. The molecule has 1 atom stereocenters. The zero-order chi connectivity index (χ0) is 11.3. The number of thioether (sulfide) groups is 1. The third-order valence-corrected chi connectivity index (χ3v) is 3.77. The molecule has 3 nitrogen and oxygen atoms in total. The van der Waals surface area contributed by atoms with Crippen molar-refractivity contribution in [3.63, 3.8) is 0 Å². The number of carboxylic acids is 1. The summed E-state index contributed by atoms with van der Waals surface area (Å²) < 4.78 is 0. The molecule has 1 rings (SSSR count). The van der Waals surface area contributed by atoms with Crippen molar-refractivity contribution in [3.05, 3.63) is 21.9 Å². The number of carboxylic acid groups (broad SMARTS) is 1. The van der Waals surface area contributed by atoms with Crippen LogP contribution in [0.3, 0.4) is 0 Å². The van der Waals surface area contributed by atoms with E-state index in [0.717, 1.165) is 12.2 Å². The molecule has 0 aromatic carbocycles. The van der Waals surface area contributed by atoms with E-state index in [-0.39, 0.29) is 5.56 Å². The second kappa shape index (κ2) is 6.15. The molecule has 0 bridgehead atoms. The van der Waals surface area contributed by atoms with Gasteiger partial charge in [0.2, 0.25) is 0 Å². The second-order valence-electron chi connectivity index (χ2n) is 3.15. The molecular formula is C10H14O3S2. The fraction of sp³-hybridized carbons (Fsp3) is 0.500. The van der Waals surface area contributed by atoms with Crippen LogP contribution in [0.4, 0.5) is 0 Å². The van der Waals surface area contributed by atoms with E-state index in [4.69, 9.17) is 5.11 Å². The van der Waals surface area contributed by atoms with Crippen LogP contribution in [0.2, 0.25) is 0 Å². The quantitative estimate of drug-likeness (QED) is 0.758. The Morgan fingerprint density at radius 3 is 3.00 bits per heavy atom. The Morgan fingerprint density at radius 2 is 2.40 bits per heavy atom. The molecule has 1 heterocycles. The largest absolute Gasteiger partial charge is 0.478 e. The average molecular weight is 246 g/mol. The van der Waals surface area contributed by atoms with Crippen LogP contribution in [0.1, 0.15) is 34.2 Å². The molecule has 5 heteroatoms. The summed E-state index contributed by atoms with van der Waals surface area (Å²) in [5.41, 5.74) is 0.233. The molecule has 2 N–H and O–H groups in total. The number of carbonyl (C=O) groups is 1. The second-order valence-corrected chi connectivity index (χ2v) is 5.09. The molecule has 0 radical (unpaired) electrons. The van der Waals surface area contributed by atoms with Gasteiger partial charge in [-0.3, -0.25) is 0 Å². The van der Waals surface area contributed by atoms with E-state index >= 15 is 0 Å². The Balaban J connectivity index is 2.60. The summed E-state index contributed by atoms with van der Waals surface area (Å²) in [6.45, 7) is 0. The highest BCUT2D eigenvalue weighted by atomic mass is 32.2. The summed E-state index contributed by atoms with van der Waals surface area (Å²) in [6.07, 6.45) is 2.91. The minimum Gasteiger partial charge on any atom is -0.478 e. The molecule has 84 valence electrons. The maximum absolute atomic E-state index is 10.8. The van der Waals surface area contributed by atoms with E-state index in [1.54, 1.807) is 23.2 Å². The van der Waals surface area contributed by atoms with Crippen LogP contribution in [0, 0.1) is 0 Å². The topological polar surface area (TPSA) is 57.5 Å². The van der Waals surface area contributed by atoms with Crippen molar-refractivity contribution < 1.29 is 15.0 Å². The molecule has 0 fully saturated rings. The lowest BCUT2D eigenvalue weighted by Gasteiger charge is -2.09. The Morgan fingerprint density at radius 1 is 1.67 bits per heavy atom. The molecule has 0 aliphatic rings. The zero-order valence-corrected chi connectivity index (χ0v) is 10.1. The molecule has 0 amide bonds. The van der Waals surface area contributed by atoms with Crippen molar-refractivity contribution in [3.8, 4) is 0 Å². The summed E-state index contributed by atoms with van der Waals surface area (Å²) in [4.78, 5) is 11.4. The fourth-order valence-electron chi connectivity index (χ4n) is 1.31. The third kappa shape index (κ3) is 3.52. The SMILES string of the molecule is CSCCCC(O)c1sccc1C(=O)O. The third-order valence-electron chi connectivity index (χ3n) is 2.05. The smallest absolute Gasteiger partial charge is 0.336 e. The Labute approximate surface area is 97.1 Å². The number of aliphatic hydroxyl groups excluding tert-OH is 1. The Bertz CT molecular complexity index is 322. The van der Waals surface area contributed by atoms with Crippen molar-refractivity contribution in [1.82, 2.24) is 0 Å². The molecule has 1 unspecified atom stereocenters. The average Bonchev–Trinajstić information content (AvgIpc) is 2.66. The molecule has 15 heavy (non-hydrogen) atoms. The van der Waals surface area contributed by atoms with Crippen molar-refractivity contribution in [1.29, 1.82) is 0 Å². The number of hydrogen-bond donors (Lipinski definition) is 2. The van der Waals surface area contributed by atoms with Gasteiger partial charge in [0.05, 0.1) is 11.7 Å². The van der Waals surface area contributed by atoms with Crippen molar-refractivity contribution in [2.75, 3.05) is 12.0 Å². The van der Waals surface area contributed by atoms with Gasteiger partial charge in [-0.05, 0) is 36.3 Å². The van der Waals surface area contributed by atoms with Gasteiger partial charge in [-0.25, -0.2) is 4.79 Å². The van der Waals surface area contributed by atoms with Gasteiger partial charge in [-0.1, -0.05) is 0 Å². The first-order valence-electron chi connectivity index (χ1n) is 4.64. The normalized spacial score (nSPS) is 12.7. The summed E-state index contributed by atoms with van der Waals surface area (Å²) in [6, 6.07) is 1.54. The van der Waals surface area contributed by atoms with Gasteiger partial charge in [0.1, 0.15) is 0 Å². The highest BCUT2D eigenvalue weighted by Crippen LogP contribution is 2.28. The first-order chi connectivity index (χ1) is 7.16. The molecule has 1 aromatic heterocycles. The number of aromatic carboxylic acids is 1. The van der Waals surface area contributed by atoms with E-state index in [1.807, 2.05) is 6.26 Å². The van der Waals surface area contributed by atoms with Crippen LogP contribution >= 0.6 is 23.1 Å². The minimum atomic E-state index is -0.963. The van der Waals surface area contributed by atoms with Crippen LogP contribution < -0.4 is 0 Å². The van der Waals surface area contributed by atoms with Gasteiger partial charge in [0, 0.05) is 4.88 Å². The van der Waals surface area contributed by atoms with Crippen molar-refractivity contribution in [2.24, 2.45) is 0 Å².